The number of hydrogen-bond acceptors (Lipinski definition) is 5. The number of thiophene rings is 1. The van der Waals surface area contributed by atoms with Gasteiger partial charge in [0.15, 0.2) is 0 Å². The van der Waals surface area contributed by atoms with Gasteiger partial charge in [-0.2, -0.15) is 9.78 Å². The Kier molecular flexibility index (Phi) is 6.03. The van der Waals surface area contributed by atoms with Gasteiger partial charge in [-0.15, -0.1) is 11.3 Å². The second-order valence-corrected chi connectivity index (χ2v) is 7.91. The van der Waals surface area contributed by atoms with Crippen LogP contribution in [-0.2, 0) is 17.6 Å². The second kappa shape index (κ2) is 9.05. The number of carbonyl (C=O) groups is 1. The predicted octanol–water partition coefficient (Wildman–Crippen LogP) is 3.96. The van der Waals surface area contributed by atoms with Crippen LogP contribution in [0.25, 0.3) is 16.5 Å². The molecule has 3 aromatic heterocycles. The van der Waals surface area contributed by atoms with E-state index >= 15 is 0 Å². The number of aromatic amines is 1. The molecule has 0 saturated carbocycles. The van der Waals surface area contributed by atoms with Crippen LogP contribution in [0.2, 0.25) is 0 Å². The zero-order valence-corrected chi connectivity index (χ0v) is 17.6. The summed E-state index contributed by atoms with van der Waals surface area (Å²) in [5.41, 5.74) is 1.69. The summed E-state index contributed by atoms with van der Waals surface area (Å²) in [6.07, 6.45) is 1.57. The van der Waals surface area contributed by atoms with Crippen molar-refractivity contribution in [1.82, 2.24) is 19.7 Å². The van der Waals surface area contributed by atoms with Crippen molar-refractivity contribution in [1.29, 1.82) is 0 Å². The summed E-state index contributed by atoms with van der Waals surface area (Å²) >= 11 is 1.51. The molecule has 3 heterocycles. The second-order valence-electron chi connectivity index (χ2n) is 6.97. The molecule has 0 fully saturated rings. The van der Waals surface area contributed by atoms with Gasteiger partial charge in [0.1, 0.15) is 17.3 Å². The van der Waals surface area contributed by atoms with Crippen LogP contribution in [-0.4, -0.2) is 25.7 Å². The summed E-state index contributed by atoms with van der Waals surface area (Å²) in [4.78, 5) is 32.9. The summed E-state index contributed by atoms with van der Waals surface area (Å²) in [6, 6.07) is 12.8. The van der Waals surface area contributed by atoms with Crippen molar-refractivity contribution < 1.29 is 9.18 Å². The molecule has 0 aliphatic carbocycles. The molecule has 0 atom stereocenters. The van der Waals surface area contributed by atoms with Gasteiger partial charge < -0.3 is 5.32 Å². The quantitative estimate of drug-likeness (QED) is 0.458. The van der Waals surface area contributed by atoms with Crippen LogP contribution in [0.4, 0.5) is 10.2 Å². The topological polar surface area (TPSA) is 92.7 Å². The Bertz CT molecular complexity index is 1250. The molecular weight excluding hydrogens is 417 g/mol. The molecule has 0 saturated heterocycles. The number of halogens is 1. The molecule has 0 spiro atoms. The Morgan fingerprint density at radius 2 is 2.03 bits per heavy atom. The molecule has 0 bridgehead atoms. The van der Waals surface area contributed by atoms with Gasteiger partial charge in [0.05, 0.1) is 11.3 Å². The van der Waals surface area contributed by atoms with E-state index < -0.39 is 0 Å². The first-order chi connectivity index (χ1) is 15.0. The van der Waals surface area contributed by atoms with Crippen LogP contribution >= 0.6 is 11.3 Å². The minimum atomic E-state index is -0.357. The van der Waals surface area contributed by atoms with E-state index in [9.17, 15) is 14.0 Å². The third-order valence-corrected chi connectivity index (χ3v) is 5.41. The first kappa shape index (κ1) is 20.7. The summed E-state index contributed by atoms with van der Waals surface area (Å²) in [7, 11) is 0. The number of amides is 1. The van der Waals surface area contributed by atoms with Crippen LogP contribution < -0.4 is 10.9 Å². The number of aromatic nitrogens is 4. The van der Waals surface area contributed by atoms with Crippen LogP contribution in [0, 0.1) is 5.82 Å². The van der Waals surface area contributed by atoms with Crippen molar-refractivity contribution in [3.05, 3.63) is 81.3 Å². The molecule has 158 valence electrons. The molecule has 4 aromatic rings. The zero-order chi connectivity index (χ0) is 21.8. The average Bonchev–Trinajstić information content (AvgIpc) is 3.39. The maximum atomic E-state index is 13.1. The van der Waals surface area contributed by atoms with E-state index in [4.69, 9.17) is 0 Å². The lowest BCUT2D eigenvalue weighted by molar-refractivity contribution is -0.115. The standard InChI is InChI=1S/C22H20FN5O2S/c1-2-4-16-12-21(30)26-22(24-16)28-19(13-17(27-28)18-5-3-10-31-18)25-20(29)11-14-6-8-15(23)9-7-14/h3,5-10,12-13H,2,4,11H2,1H3,(H,25,29)(H,24,26,30). The molecule has 2 N–H and O–H groups in total. The largest absolute Gasteiger partial charge is 0.310 e. The van der Waals surface area contributed by atoms with Gasteiger partial charge in [-0.25, -0.2) is 9.37 Å². The number of rotatable bonds is 7. The number of nitrogens with zero attached hydrogens (tertiary/aromatic N) is 3. The molecule has 0 aliphatic rings. The SMILES string of the molecule is CCCc1cc(=O)[nH]c(-n2nc(-c3cccs3)cc2NC(=O)Cc2ccc(F)cc2)n1. The smallest absolute Gasteiger partial charge is 0.252 e. The number of hydrogen-bond donors (Lipinski definition) is 2. The lowest BCUT2D eigenvalue weighted by atomic mass is 10.1. The monoisotopic (exact) mass is 437 g/mol. The van der Waals surface area contributed by atoms with Crippen molar-refractivity contribution in [2.45, 2.75) is 26.2 Å². The number of nitrogens with one attached hydrogen (secondary N) is 2. The third-order valence-electron chi connectivity index (χ3n) is 4.52. The van der Waals surface area contributed by atoms with E-state index in [0.717, 1.165) is 11.3 Å². The lowest BCUT2D eigenvalue weighted by Gasteiger charge is -2.09. The molecule has 1 aromatic carbocycles. The van der Waals surface area contributed by atoms with Gasteiger partial charge in [-0.3, -0.25) is 14.6 Å². The normalized spacial score (nSPS) is 10.9. The van der Waals surface area contributed by atoms with Gasteiger partial charge in [0.25, 0.3) is 5.56 Å². The van der Waals surface area contributed by atoms with Crippen LogP contribution in [0.3, 0.4) is 0 Å². The Balaban J connectivity index is 1.68. The fourth-order valence-corrected chi connectivity index (χ4v) is 3.81. The van der Waals surface area contributed by atoms with Crippen molar-refractivity contribution in [3.8, 4) is 16.5 Å². The molecule has 31 heavy (non-hydrogen) atoms. The summed E-state index contributed by atoms with van der Waals surface area (Å²) < 4.78 is 14.6. The molecular formula is C22H20FN5O2S. The first-order valence-corrected chi connectivity index (χ1v) is 10.7. The van der Waals surface area contributed by atoms with E-state index in [0.29, 0.717) is 29.2 Å². The molecule has 0 aliphatic heterocycles. The highest BCUT2D eigenvalue weighted by Crippen LogP contribution is 2.27. The highest BCUT2D eigenvalue weighted by Gasteiger charge is 2.17. The molecule has 1 amide bonds. The molecule has 0 radical (unpaired) electrons. The fourth-order valence-electron chi connectivity index (χ4n) is 3.13. The van der Waals surface area contributed by atoms with Gasteiger partial charge in [-0.05, 0) is 35.6 Å². The highest BCUT2D eigenvalue weighted by atomic mass is 32.1. The van der Waals surface area contributed by atoms with E-state index in [1.54, 1.807) is 18.2 Å². The molecule has 4 rings (SSSR count). The Labute approximate surface area is 181 Å². The number of anilines is 1. The Morgan fingerprint density at radius 1 is 1.23 bits per heavy atom. The van der Waals surface area contributed by atoms with Crippen molar-refractivity contribution in [2.75, 3.05) is 5.32 Å². The van der Waals surface area contributed by atoms with E-state index in [-0.39, 0.29) is 29.7 Å². The van der Waals surface area contributed by atoms with E-state index in [1.165, 1.54) is 34.2 Å². The summed E-state index contributed by atoms with van der Waals surface area (Å²) in [5, 5.41) is 9.34. The molecule has 7 nitrogen and oxygen atoms in total. The first-order valence-electron chi connectivity index (χ1n) is 9.80. The zero-order valence-electron chi connectivity index (χ0n) is 16.8. The molecule has 0 unspecified atom stereocenters. The van der Waals surface area contributed by atoms with E-state index in [1.807, 2.05) is 24.4 Å². The maximum Gasteiger partial charge on any atom is 0.252 e. The summed E-state index contributed by atoms with van der Waals surface area (Å²) in [5.74, 6) is -0.0366. The lowest BCUT2D eigenvalue weighted by Crippen LogP contribution is -2.20. The van der Waals surface area contributed by atoms with Crippen LogP contribution in [0.15, 0.2) is 58.7 Å². The minimum Gasteiger partial charge on any atom is -0.310 e. The van der Waals surface area contributed by atoms with Gasteiger partial charge in [0.2, 0.25) is 11.9 Å². The van der Waals surface area contributed by atoms with Gasteiger partial charge in [0, 0.05) is 17.8 Å². The average molecular weight is 438 g/mol. The number of H-pyrrole nitrogens is 1. The maximum absolute atomic E-state index is 13.1. The van der Waals surface area contributed by atoms with Crippen molar-refractivity contribution in [2.24, 2.45) is 0 Å². The highest BCUT2D eigenvalue weighted by molar-refractivity contribution is 7.13. The number of benzene rings is 1. The van der Waals surface area contributed by atoms with Crippen LogP contribution in [0.5, 0.6) is 0 Å². The molecule has 9 heteroatoms. The Morgan fingerprint density at radius 3 is 2.74 bits per heavy atom. The van der Waals surface area contributed by atoms with E-state index in [2.05, 4.69) is 20.4 Å². The van der Waals surface area contributed by atoms with Gasteiger partial charge >= 0.3 is 0 Å². The predicted molar refractivity (Wildman–Crippen MR) is 118 cm³/mol. The van der Waals surface area contributed by atoms with Gasteiger partial charge in [-0.1, -0.05) is 31.5 Å². The van der Waals surface area contributed by atoms with Crippen LogP contribution in [0.1, 0.15) is 24.6 Å². The fraction of sp³-hybridized carbons (Fsp3) is 0.182. The van der Waals surface area contributed by atoms with Crippen molar-refractivity contribution in [3.63, 3.8) is 0 Å². The number of carbonyl (C=O) groups excluding carboxylic acids is 1. The van der Waals surface area contributed by atoms with Crippen molar-refractivity contribution >= 4 is 23.1 Å². The third kappa shape index (κ3) is 4.95. The number of aryl methyl sites for hydroxylation is 1. The summed E-state index contributed by atoms with van der Waals surface area (Å²) in [6.45, 7) is 2.01. The Hall–Kier alpha value is -3.59. The minimum absolute atomic E-state index is 0.0691.